The first-order valence-corrected chi connectivity index (χ1v) is 3.66. The molecule has 1 radical (unpaired) electrons. The lowest BCUT2D eigenvalue weighted by atomic mass is 10.4. The van der Waals surface area contributed by atoms with Gasteiger partial charge in [-0.05, 0) is 19.4 Å². The average Bonchev–Trinajstić information content (AvgIpc) is 2.34. The topological polar surface area (TPSA) is 12.9 Å². The van der Waals surface area contributed by atoms with Crippen molar-refractivity contribution in [2.75, 3.05) is 0 Å². The van der Waals surface area contributed by atoms with Gasteiger partial charge >= 0.3 is 0 Å². The van der Waals surface area contributed by atoms with Crippen LogP contribution in [0.2, 0.25) is 0 Å². The van der Waals surface area contributed by atoms with Crippen LogP contribution in [0.5, 0.6) is 0 Å². The van der Waals surface area contributed by atoms with E-state index in [1.54, 1.807) is 17.5 Å². The van der Waals surface area contributed by atoms with E-state index < -0.39 is 0 Å². The average molecular weight is 138 g/mol. The monoisotopic (exact) mass is 138 g/mol. The first-order chi connectivity index (χ1) is 4.43. The number of rotatable bonds is 2. The lowest BCUT2D eigenvalue weighted by Crippen LogP contribution is -1.62. The second kappa shape index (κ2) is 3.41. The largest absolute Gasteiger partial charge is 0.245 e. The first-order valence-electron chi connectivity index (χ1n) is 2.79. The zero-order valence-electron chi connectivity index (χ0n) is 5.08. The summed E-state index contributed by atoms with van der Waals surface area (Å²) in [6.45, 7) is 3.68. The number of hydrogen-bond acceptors (Lipinski definition) is 2. The third kappa shape index (κ3) is 1.98. The Kier molecular flexibility index (Phi) is 2.46. The van der Waals surface area contributed by atoms with Gasteiger partial charge in [-0.1, -0.05) is 6.08 Å². The standard InChI is InChI=1S/C7H8NS/c1-2-3-4-7-8-5-6-9-7/h3-6H,1-2H2. The Labute approximate surface area is 59.1 Å². The van der Waals surface area contributed by atoms with Crippen LogP contribution in [-0.2, 0) is 0 Å². The molecule has 0 aliphatic heterocycles. The maximum Gasteiger partial charge on any atom is 0.115 e. The van der Waals surface area contributed by atoms with Crippen LogP contribution in [0.25, 0.3) is 6.08 Å². The molecule has 0 saturated heterocycles. The summed E-state index contributed by atoms with van der Waals surface area (Å²) in [6.07, 6.45) is 6.61. The van der Waals surface area contributed by atoms with E-state index in [4.69, 9.17) is 0 Å². The summed E-state index contributed by atoms with van der Waals surface area (Å²) in [6, 6.07) is 0. The van der Waals surface area contributed by atoms with Crippen molar-refractivity contribution in [2.45, 2.75) is 6.42 Å². The Morgan fingerprint density at radius 3 is 3.22 bits per heavy atom. The van der Waals surface area contributed by atoms with Crippen LogP contribution in [0.15, 0.2) is 17.7 Å². The van der Waals surface area contributed by atoms with E-state index in [2.05, 4.69) is 11.9 Å². The third-order valence-corrected chi connectivity index (χ3v) is 1.62. The van der Waals surface area contributed by atoms with E-state index in [0.717, 1.165) is 11.4 Å². The van der Waals surface area contributed by atoms with Gasteiger partial charge in [0.05, 0.1) is 0 Å². The molecule has 0 bridgehead atoms. The number of aromatic nitrogens is 1. The molecule has 0 spiro atoms. The summed E-state index contributed by atoms with van der Waals surface area (Å²) in [5.74, 6) is 0. The second-order valence-electron chi connectivity index (χ2n) is 1.56. The highest BCUT2D eigenvalue weighted by Crippen LogP contribution is 2.05. The highest BCUT2D eigenvalue weighted by atomic mass is 32.1. The van der Waals surface area contributed by atoms with E-state index in [1.807, 2.05) is 17.5 Å². The van der Waals surface area contributed by atoms with Gasteiger partial charge in [-0.25, -0.2) is 4.98 Å². The third-order valence-electron chi connectivity index (χ3n) is 0.879. The fraction of sp³-hybridized carbons (Fsp3) is 0.143. The number of allylic oxidation sites excluding steroid dienone is 1. The Balaban J connectivity index is 2.57. The van der Waals surface area contributed by atoms with Crippen molar-refractivity contribution in [1.29, 1.82) is 0 Å². The predicted octanol–water partition coefficient (Wildman–Crippen LogP) is 2.38. The van der Waals surface area contributed by atoms with Crippen LogP contribution in [0.4, 0.5) is 0 Å². The van der Waals surface area contributed by atoms with Gasteiger partial charge in [0.1, 0.15) is 5.01 Å². The quantitative estimate of drug-likeness (QED) is 0.611. The normalized spacial score (nSPS) is 10.8. The lowest BCUT2D eigenvalue weighted by molar-refractivity contribution is 1.37. The van der Waals surface area contributed by atoms with Crippen LogP contribution in [0.1, 0.15) is 11.4 Å². The fourth-order valence-corrected chi connectivity index (χ4v) is 1.06. The van der Waals surface area contributed by atoms with Gasteiger partial charge in [-0.2, -0.15) is 0 Å². The smallest absolute Gasteiger partial charge is 0.115 e. The molecule has 47 valence electrons. The summed E-state index contributed by atoms with van der Waals surface area (Å²) in [4.78, 5) is 4.06. The van der Waals surface area contributed by atoms with Crippen LogP contribution in [0.3, 0.4) is 0 Å². The Morgan fingerprint density at radius 1 is 1.78 bits per heavy atom. The fourth-order valence-electron chi connectivity index (χ4n) is 0.501. The van der Waals surface area contributed by atoms with Crippen LogP contribution in [0, 0.1) is 6.92 Å². The second-order valence-corrected chi connectivity index (χ2v) is 2.49. The number of hydrogen-bond donors (Lipinski definition) is 0. The Morgan fingerprint density at radius 2 is 2.67 bits per heavy atom. The van der Waals surface area contributed by atoms with Crippen molar-refractivity contribution in [1.82, 2.24) is 4.98 Å². The van der Waals surface area contributed by atoms with Crippen molar-refractivity contribution >= 4 is 17.4 Å². The molecule has 1 rings (SSSR count). The molecule has 1 heterocycles. The van der Waals surface area contributed by atoms with Gasteiger partial charge in [-0.15, -0.1) is 11.3 Å². The summed E-state index contributed by atoms with van der Waals surface area (Å²) in [5.41, 5.74) is 0. The number of nitrogens with zero attached hydrogens (tertiary/aromatic N) is 1. The Hall–Kier alpha value is -0.630. The molecule has 1 aromatic heterocycles. The van der Waals surface area contributed by atoms with Gasteiger partial charge in [0.15, 0.2) is 0 Å². The molecule has 0 amide bonds. The minimum atomic E-state index is 0.833. The number of thiazole rings is 1. The van der Waals surface area contributed by atoms with E-state index in [1.165, 1.54) is 0 Å². The van der Waals surface area contributed by atoms with Crippen molar-refractivity contribution in [2.24, 2.45) is 0 Å². The summed E-state index contributed by atoms with van der Waals surface area (Å²) in [7, 11) is 0. The predicted molar refractivity (Wildman–Crippen MR) is 41.1 cm³/mol. The molecule has 0 saturated carbocycles. The minimum absolute atomic E-state index is 0.833. The van der Waals surface area contributed by atoms with Crippen molar-refractivity contribution in [3.8, 4) is 0 Å². The van der Waals surface area contributed by atoms with E-state index in [0.29, 0.717) is 0 Å². The van der Waals surface area contributed by atoms with Gasteiger partial charge < -0.3 is 0 Å². The molecule has 9 heavy (non-hydrogen) atoms. The maximum absolute atomic E-state index is 4.06. The van der Waals surface area contributed by atoms with Gasteiger partial charge in [-0.3, -0.25) is 0 Å². The molecular weight excluding hydrogens is 130 g/mol. The van der Waals surface area contributed by atoms with E-state index >= 15 is 0 Å². The summed E-state index contributed by atoms with van der Waals surface area (Å²) >= 11 is 1.64. The first kappa shape index (κ1) is 6.49. The van der Waals surface area contributed by atoms with Crippen molar-refractivity contribution < 1.29 is 0 Å². The molecule has 2 heteroatoms. The van der Waals surface area contributed by atoms with Crippen LogP contribution < -0.4 is 0 Å². The molecule has 0 N–H and O–H groups in total. The van der Waals surface area contributed by atoms with Gasteiger partial charge in [0.2, 0.25) is 0 Å². The molecule has 0 aliphatic rings. The van der Waals surface area contributed by atoms with Crippen LogP contribution >= 0.6 is 11.3 Å². The molecule has 1 nitrogen and oxygen atoms in total. The van der Waals surface area contributed by atoms with E-state index in [9.17, 15) is 0 Å². The highest BCUT2D eigenvalue weighted by Gasteiger charge is 1.83. The lowest BCUT2D eigenvalue weighted by Gasteiger charge is -1.77. The zero-order valence-corrected chi connectivity index (χ0v) is 5.90. The zero-order chi connectivity index (χ0) is 6.53. The molecule has 1 aromatic rings. The molecule has 0 aliphatic carbocycles. The van der Waals surface area contributed by atoms with Gasteiger partial charge in [0, 0.05) is 11.6 Å². The summed E-state index contributed by atoms with van der Waals surface area (Å²) < 4.78 is 0. The molecule has 0 atom stereocenters. The molecular formula is C7H8NS. The highest BCUT2D eigenvalue weighted by molar-refractivity contribution is 7.10. The minimum Gasteiger partial charge on any atom is -0.245 e. The molecule has 0 fully saturated rings. The Bertz CT molecular complexity index is 177. The van der Waals surface area contributed by atoms with Crippen LogP contribution in [-0.4, -0.2) is 4.98 Å². The van der Waals surface area contributed by atoms with Gasteiger partial charge in [0.25, 0.3) is 0 Å². The molecule has 0 aromatic carbocycles. The SMILES string of the molecule is [CH2]CC=Cc1nccs1. The van der Waals surface area contributed by atoms with Crippen molar-refractivity contribution in [3.63, 3.8) is 0 Å². The van der Waals surface area contributed by atoms with E-state index in [-0.39, 0.29) is 0 Å². The molecule has 0 unspecified atom stereocenters. The summed E-state index contributed by atoms with van der Waals surface area (Å²) in [5, 5.41) is 3.02. The van der Waals surface area contributed by atoms with Crippen molar-refractivity contribution in [3.05, 3.63) is 29.6 Å². The maximum atomic E-state index is 4.06.